The van der Waals surface area contributed by atoms with Gasteiger partial charge in [0.2, 0.25) is 0 Å². The van der Waals surface area contributed by atoms with E-state index in [2.05, 4.69) is 33.5 Å². The van der Waals surface area contributed by atoms with Crippen LogP contribution in [0, 0.1) is 6.92 Å². The lowest BCUT2D eigenvalue weighted by atomic mass is 10.0. The first kappa shape index (κ1) is 13.8. The molecule has 4 aromatic rings. The fraction of sp³-hybridized carbons (Fsp3) is 0.0588. The average Bonchev–Trinajstić information content (AvgIpc) is 3.05. The number of para-hydroxylation sites is 1. The molecule has 2 aromatic carbocycles. The fourth-order valence-electron chi connectivity index (χ4n) is 2.62. The third-order valence-electron chi connectivity index (χ3n) is 3.83. The SMILES string of the molecule is Cc1c(-c2nnnn2-c2ccc(Cl)cc2)cnc2ccccc12. The van der Waals surface area contributed by atoms with Gasteiger partial charge in [0.05, 0.1) is 11.2 Å². The van der Waals surface area contributed by atoms with Crippen molar-refractivity contribution >= 4 is 22.5 Å². The second kappa shape index (κ2) is 5.44. The molecule has 112 valence electrons. The fourth-order valence-corrected chi connectivity index (χ4v) is 2.74. The van der Waals surface area contributed by atoms with E-state index in [1.807, 2.05) is 48.7 Å². The summed E-state index contributed by atoms with van der Waals surface area (Å²) in [5, 5.41) is 13.9. The lowest BCUT2D eigenvalue weighted by Crippen LogP contribution is -2.01. The van der Waals surface area contributed by atoms with Gasteiger partial charge in [0.1, 0.15) is 0 Å². The van der Waals surface area contributed by atoms with Gasteiger partial charge in [0, 0.05) is 22.2 Å². The Hall–Kier alpha value is -2.79. The van der Waals surface area contributed by atoms with Crippen molar-refractivity contribution in [2.75, 3.05) is 0 Å². The van der Waals surface area contributed by atoms with E-state index in [1.165, 1.54) is 0 Å². The molecule has 0 radical (unpaired) electrons. The molecule has 0 aliphatic heterocycles. The van der Waals surface area contributed by atoms with Gasteiger partial charge in [0.25, 0.3) is 0 Å². The number of fused-ring (bicyclic) bond motifs is 1. The molecular formula is C17H12ClN5. The molecule has 0 saturated heterocycles. The summed E-state index contributed by atoms with van der Waals surface area (Å²) in [5.41, 5.74) is 3.81. The van der Waals surface area contributed by atoms with Crippen molar-refractivity contribution in [3.8, 4) is 17.1 Å². The quantitative estimate of drug-likeness (QED) is 0.563. The third kappa shape index (κ3) is 2.35. The van der Waals surface area contributed by atoms with Crippen molar-refractivity contribution in [3.63, 3.8) is 0 Å². The van der Waals surface area contributed by atoms with E-state index in [1.54, 1.807) is 4.68 Å². The number of aromatic nitrogens is 5. The van der Waals surface area contributed by atoms with Crippen molar-refractivity contribution in [3.05, 3.63) is 65.3 Å². The van der Waals surface area contributed by atoms with E-state index < -0.39 is 0 Å². The lowest BCUT2D eigenvalue weighted by molar-refractivity contribution is 0.791. The minimum Gasteiger partial charge on any atom is -0.255 e. The van der Waals surface area contributed by atoms with E-state index in [0.717, 1.165) is 27.7 Å². The van der Waals surface area contributed by atoms with Crippen LogP contribution in [0.15, 0.2) is 54.7 Å². The van der Waals surface area contributed by atoms with Gasteiger partial charge in [-0.1, -0.05) is 29.8 Å². The molecule has 0 spiro atoms. The first-order valence-electron chi connectivity index (χ1n) is 7.13. The Balaban J connectivity index is 1.91. The van der Waals surface area contributed by atoms with Gasteiger partial charge >= 0.3 is 0 Å². The maximum atomic E-state index is 5.95. The summed E-state index contributed by atoms with van der Waals surface area (Å²) in [6, 6.07) is 15.4. The predicted molar refractivity (Wildman–Crippen MR) is 89.6 cm³/mol. The number of hydrogen-bond acceptors (Lipinski definition) is 4. The highest BCUT2D eigenvalue weighted by Gasteiger charge is 2.15. The average molecular weight is 322 g/mol. The van der Waals surface area contributed by atoms with Crippen molar-refractivity contribution in [1.82, 2.24) is 25.2 Å². The number of nitrogens with zero attached hydrogens (tertiary/aromatic N) is 5. The number of pyridine rings is 1. The van der Waals surface area contributed by atoms with E-state index >= 15 is 0 Å². The minimum atomic E-state index is 0.656. The van der Waals surface area contributed by atoms with Crippen LogP contribution in [0.4, 0.5) is 0 Å². The van der Waals surface area contributed by atoms with Crippen LogP contribution in [-0.2, 0) is 0 Å². The number of tetrazole rings is 1. The number of halogens is 1. The number of hydrogen-bond donors (Lipinski definition) is 0. The molecular weight excluding hydrogens is 310 g/mol. The minimum absolute atomic E-state index is 0.656. The number of rotatable bonds is 2. The van der Waals surface area contributed by atoms with Crippen LogP contribution < -0.4 is 0 Å². The Morgan fingerprint density at radius 3 is 2.61 bits per heavy atom. The van der Waals surface area contributed by atoms with Crippen LogP contribution >= 0.6 is 11.6 Å². The van der Waals surface area contributed by atoms with Crippen LogP contribution in [0.2, 0.25) is 5.02 Å². The second-order valence-corrected chi connectivity index (χ2v) is 5.64. The largest absolute Gasteiger partial charge is 0.255 e. The van der Waals surface area contributed by atoms with E-state index in [0.29, 0.717) is 10.8 Å². The third-order valence-corrected chi connectivity index (χ3v) is 4.08. The first-order chi connectivity index (χ1) is 11.2. The Bertz CT molecular complexity index is 991. The summed E-state index contributed by atoms with van der Waals surface area (Å²) in [6.07, 6.45) is 1.82. The molecule has 0 N–H and O–H groups in total. The summed E-state index contributed by atoms with van der Waals surface area (Å²) in [4.78, 5) is 4.52. The van der Waals surface area contributed by atoms with Gasteiger partial charge in [0.15, 0.2) is 5.82 Å². The molecule has 2 heterocycles. The molecule has 0 amide bonds. The summed E-state index contributed by atoms with van der Waals surface area (Å²) >= 11 is 5.95. The van der Waals surface area contributed by atoms with Crippen LogP contribution in [0.25, 0.3) is 28.0 Å². The van der Waals surface area contributed by atoms with E-state index in [9.17, 15) is 0 Å². The molecule has 23 heavy (non-hydrogen) atoms. The number of benzene rings is 2. The topological polar surface area (TPSA) is 56.5 Å². The molecule has 5 nitrogen and oxygen atoms in total. The van der Waals surface area contributed by atoms with Gasteiger partial charge in [-0.05, 0) is 53.2 Å². The van der Waals surface area contributed by atoms with E-state index in [-0.39, 0.29) is 0 Å². The van der Waals surface area contributed by atoms with Crippen molar-refractivity contribution in [2.24, 2.45) is 0 Å². The van der Waals surface area contributed by atoms with Gasteiger partial charge in [-0.15, -0.1) is 5.10 Å². The van der Waals surface area contributed by atoms with E-state index in [4.69, 9.17) is 11.6 Å². The van der Waals surface area contributed by atoms with Crippen LogP contribution in [0.1, 0.15) is 5.56 Å². The van der Waals surface area contributed by atoms with Gasteiger partial charge in [-0.2, -0.15) is 4.68 Å². The Labute approximate surface area is 137 Å². The summed E-state index contributed by atoms with van der Waals surface area (Å²) < 4.78 is 1.69. The maximum absolute atomic E-state index is 5.95. The summed E-state index contributed by atoms with van der Waals surface area (Å²) in [7, 11) is 0. The Morgan fingerprint density at radius 1 is 1.00 bits per heavy atom. The summed E-state index contributed by atoms with van der Waals surface area (Å²) in [6.45, 7) is 2.06. The smallest absolute Gasteiger partial charge is 0.188 e. The molecule has 0 bridgehead atoms. The highest BCUT2D eigenvalue weighted by atomic mass is 35.5. The zero-order chi connectivity index (χ0) is 15.8. The molecule has 6 heteroatoms. The second-order valence-electron chi connectivity index (χ2n) is 5.20. The van der Waals surface area contributed by atoms with Gasteiger partial charge in [-0.25, -0.2) is 0 Å². The molecule has 0 atom stereocenters. The van der Waals surface area contributed by atoms with Crippen molar-refractivity contribution in [1.29, 1.82) is 0 Å². The van der Waals surface area contributed by atoms with Crippen molar-refractivity contribution in [2.45, 2.75) is 6.92 Å². The Kier molecular flexibility index (Phi) is 3.28. The summed E-state index contributed by atoms with van der Waals surface area (Å²) in [5.74, 6) is 0.656. The molecule has 0 unspecified atom stereocenters. The number of aryl methyl sites for hydroxylation is 1. The van der Waals surface area contributed by atoms with Gasteiger partial charge < -0.3 is 0 Å². The predicted octanol–water partition coefficient (Wildman–Crippen LogP) is 3.84. The molecule has 2 aromatic heterocycles. The van der Waals surface area contributed by atoms with Crippen LogP contribution in [0.5, 0.6) is 0 Å². The molecule has 4 rings (SSSR count). The maximum Gasteiger partial charge on any atom is 0.188 e. The molecule has 0 saturated carbocycles. The molecule has 0 fully saturated rings. The zero-order valence-electron chi connectivity index (χ0n) is 12.3. The standard InChI is InChI=1S/C17H12ClN5/c1-11-14-4-2-3-5-16(14)19-10-15(11)17-20-21-22-23(17)13-8-6-12(18)7-9-13/h2-10H,1H3. The highest BCUT2D eigenvalue weighted by Crippen LogP contribution is 2.27. The van der Waals surface area contributed by atoms with Gasteiger partial charge in [-0.3, -0.25) is 4.98 Å². The van der Waals surface area contributed by atoms with Crippen molar-refractivity contribution < 1.29 is 0 Å². The zero-order valence-corrected chi connectivity index (χ0v) is 13.1. The molecule has 0 aliphatic rings. The molecule has 0 aliphatic carbocycles. The monoisotopic (exact) mass is 321 g/mol. The Morgan fingerprint density at radius 2 is 1.78 bits per heavy atom. The first-order valence-corrected chi connectivity index (χ1v) is 7.51. The highest BCUT2D eigenvalue weighted by molar-refractivity contribution is 6.30. The van der Waals surface area contributed by atoms with Crippen LogP contribution in [0.3, 0.4) is 0 Å². The lowest BCUT2D eigenvalue weighted by Gasteiger charge is -2.09. The normalized spacial score (nSPS) is 11.0. The van der Waals surface area contributed by atoms with Crippen LogP contribution in [-0.4, -0.2) is 25.2 Å².